The van der Waals surface area contributed by atoms with Gasteiger partial charge in [0.1, 0.15) is 11.6 Å². The van der Waals surface area contributed by atoms with E-state index in [9.17, 15) is 27.9 Å². The summed E-state index contributed by atoms with van der Waals surface area (Å²) in [6.45, 7) is 6.75. The number of alkyl halides is 3. The van der Waals surface area contributed by atoms with Crippen LogP contribution >= 0.6 is 11.6 Å². The number of amides is 2. The van der Waals surface area contributed by atoms with Gasteiger partial charge < -0.3 is 25.0 Å². The highest BCUT2D eigenvalue weighted by Crippen LogP contribution is 2.31. The Morgan fingerprint density at radius 2 is 1.80 bits per heavy atom. The van der Waals surface area contributed by atoms with E-state index in [2.05, 4.69) is 10.6 Å². The van der Waals surface area contributed by atoms with E-state index in [0.717, 1.165) is 29.6 Å². The van der Waals surface area contributed by atoms with Gasteiger partial charge in [0.05, 0.1) is 16.8 Å². The number of benzene rings is 2. The largest absolute Gasteiger partial charge is 0.480 e. The van der Waals surface area contributed by atoms with Crippen LogP contribution in [-0.4, -0.2) is 51.4 Å². The minimum Gasteiger partial charge on any atom is -0.480 e. The van der Waals surface area contributed by atoms with Crippen LogP contribution in [0.25, 0.3) is 11.3 Å². The molecule has 1 heterocycles. The van der Waals surface area contributed by atoms with Crippen LogP contribution < -0.4 is 15.4 Å². The van der Waals surface area contributed by atoms with Gasteiger partial charge in [0, 0.05) is 43.4 Å². The SMILES string of the molecule is CCn1cc(-c2ccc(C[C@@H](CCO)NC(=O)c3ccc(OC(C)C(F)(F)F)c(Cl)c3)cc2)nc1C(C)NC(C)=O. The van der Waals surface area contributed by atoms with Crippen LogP contribution in [0.4, 0.5) is 13.2 Å². The molecule has 2 aromatic carbocycles. The number of nitrogens with zero attached hydrogens (tertiary/aromatic N) is 2. The van der Waals surface area contributed by atoms with Gasteiger partial charge in [-0.05, 0) is 57.4 Å². The zero-order chi connectivity index (χ0) is 30.3. The summed E-state index contributed by atoms with van der Waals surface area (Å²) in [6, 6.07) is 10.8. The number of halogens is 4. The first kappa shape index (κ1) is 32.0. The third kappa shape index (κ3) is 8.71. The van der Waals surface area contributed by atoms with Crippen molar-refractivity contribution < 1.29 is 32.6 Å². The number of carbonyl (C=O) groups is 2. The molecule has 0 aliphatic carbocycles. The first-order chi connectivity index (χ1) is 19.3. The molecule has 0 saturated heterocycles. The van der Waals surface area contributed by atoms with Crippen LogP contribution in [0.5, 0.6) is 5.75 Å². The van der Waals surface area contributed by atoms with E-state index >= 15 is 0 Å². The summed E-state index contributed by atoms with van der Waals surface area (Å²) in [6.07, 6.45) is -3.96. The lowest BCUT2D eigenvalue weighted by Crippen LogP contribution is -2.37. The van der Waals surface area contributed by atoms with Crippen LogP contribution in [-0.2, 0) is 17.8 Å². The smallest absolute Gasteiger partial charge is 0.425 e. The molecule has 3 N–H and O–H groups in total. The third-order valence-corrected chi connectivity index (χ3v) is 6.75. The van der Waals surface area contributed by atoms with Gasteiger partial charge in [0.25, 0.3) is 5.91 Å². The van der Waals surface area contributed by atoms with Gasteiger partial charge in [-0.25, -0.2) is 4.98 Å². The molecule has 3 atom stereocenters. The minimum absolute atomic E-state index is 0.122. The van der Waals surface area contributed by atoms with Gasteiger partial charge in [-0.1, -0.05) is 35.9 Å². The maximum atomic E-state index is 12.9. The summed E-state index contributed by atoms with van der Waals surface area (Å²) in [5.74, 6) is -0.0471. The normalized spacial score (nSPS) is 13.8. The highest BCUT2D eigenvalue weighted by molar-refractivity contribution is 6.32. The molecule has 0 radical (unpaired) electrons. The van der Waals surface area contributed by atoms with E-state index in [1.807, 2.05) is 48.9 Å². The fraction of sp³-hybridized carbons (Fsp3) is 0.414. The molecule has 2 amide bonds. The van der Waals surface area contributed by atoms with Crippen molar-refractivity contribution in [1.82, 2.24) is 20.2 Å². The number of aliphatic hydroxyl groups is 1. The Morgan fingerprint density at radius 1 is 1.12 bits per heavy atom. The van der Waals surface area contributed by atoms with Crippen molar-refractivity contribution in [2.75, 3.05) is 6.61 Å². The molecule has 41 heavy (non-hydrogen) atoms. The summed E-state index contributed by atoms with van der Waals surface area (Å²) in [7, 11) is 0. The predicted octanol–water partition coefficient (Wildman–Crippen LogP) is 5.47. The highest BCUT2D eigenvalue weighted by Gasteiger charge is 2.38. The number of ether oxygens (including phenoxy) is 1. The summed E-state index contributed by atoms with van der Waals surface area (Å²) in [4.78, 5) is 29.1. The zero-order valence-electron chi connectivity index (χ0n) is 23.3. The predicted molar refractivity (Wildman–Crippen MR) is 150 cm³/mol. The molecule has 8 nitrogen and oxygen atoms in total. The van der Waals surface area contributed by atoms with Crippen molar-refractivity contribution in [3.05, 3.63) is 70.6 Å². The van der Waals surface area contributed by atoms with Gasteiger partial charge in [-0.15, -0.1) is 0 Å². The van der Waals surface area contributed by atoms with E-state index in [1.165, 1.54) is 25.1 Å². The Morgan fingerprint density at radius 3 is 2.37 bits per heavy atom. The average Bonchev–Trinajstić information content (AvgIpc) is 3.34. The molecular weight excluding hydrogens is 561 g/mol. The number of aryl methyl sites for hydroxylation is 1. The van der Waals surface area contributed by atoms with Crippen molar-refractivity contribution in [3.63, 3.8) is 0 Å². The Labute approximate surface area is 241 Å². The second-order valence-corrected chi connectivity index (χ2v) is 10.1. The molecular formula is C29H34ClF3N4O4. The van der Waals surface area contributed by atoms with Gasteiger partial charge in [0.2, 0.25) is 5.91 Å². The fourth-order valence-corrected chi connectivity index (χ4v) is 4.50. The molecule has 0 fully saturated rings. The van der Waals surface area contributed by atoms with Crippen LogP contribution in [0, 0.1) is 0 Å². The molecule has 222 valence electrons. The molecule has 1 aromatic heterocycles. The van der Waals surface area contributed by atoms with E-state index < -0.39 is 24.2 Å². The average molecular weight is 595 g/mol. The van der Waals surface area contributed by atoms with Gasteiger partial charge >= 0.3 is 6.18 Å². The summed E-state index contributed by atoms with van der Waals surface area (Å²) in [5, 5.41) is 15.1. The molecule has 2 unspecified atom stereocenters. The molecule has 3 aromatic rings. The minimum atomic E-state index is -4.55. The molecule has 0 spiro atoms. The van der Waals surface area contributed by atoms with Crippen molar-refractivity contribution in [1.29, 1.82) is 0 Å². The maximum absolute atomic E-state index is 12.9. The lowest BCUT2D eigenvalue weighted by atomic mass is 10.0. The highest BCUT2D eigenvalue weighted by atomic mass is 35.5. The molecule has 0 saturated carbocycles. The van der Waals surface area contributed by atoms with Crippen molar-refractivity contribution in [3.8, 4) is 17.0 Å². The van der Waals surface area contributed by atoms with Crippen LogP contribution in [0.2, 0.25) is 5.02 Å². The van der Waals surface area contributed by atoms with Gasteiger partial charge in [-0.3, -0.25) is 9.59 Å². The molecule has 3 rings (SSSR count). The number of imidazole rings is 1. The van der Waals surface area contributed by atoms with E-state index in [0.29, 0.717) is 13.0 Å². The Kier molecular flexibility index (Phi) is 10.8. The van der Waals surface area contributed by atoms with Crippen molar-refractivity contribution >= 4 is 23.4 Å². The van der Waals surface area contributed by atoms with Crippen LogP contribution in [0.1, 0.15) is 61.9 Å². The van der Waals surface area contributed by atoms with Crippen molar-refractivity contribution in [2.24, 2.45) is 0 Å². The first-order valence-electron chi connectivity index (χ1n) is 13.2. The second-order valence-electron chi connectivity index (χ2n) is 9.72. The molecule has 0 aliphatic heterocycles. The number of hydrogen-bond donors (Lipinski definition) is 3. The number of hydrogen-bond acceptors (Lipinski definition) is 5. The van der Waals surface area contributed by atoms with E-state index in [1.54, 1.807) is 0 Å². The van der Waals surface area contributed by atoms with E-state index in [4.69, 9.17) is 21.3 Å². The number of rotatable bonds is 12. The number of nitrogens with one attached hydrogen (secondary N) is 2. The lowest BCUT2D eigenvalue weighted by Gasteiger charge is -2.20. The van der Waals surface area contributed by atoms with Crippen molar-refractivity contribution in [2.45, 2.75) is 71.4 Å². The van der Waals surface area contributed by atoms with Crippen LogP contribution in [0.15, 0.2) is 48.7 Å². The Balaban J connectivity index is 1.69. The number of aromatic nitrogens is 2. The standard InChI is InChI=1S/C29H34ClF3N4O4/c1-5-37-16-25(36-27(37)17(2)34-19(4)39)21-8-6-20(7-9-21)14-23(12-13-38)35-28(40)22-10-11-26(24(30)15-22)41-18(3)29(31,32)33/h6-11,15-18,23,38H,5,12-14H2,1-4H3,(H,34,39)(H,35,40)/t17?,18?,23-/m1/s1. The lowest BCUT2D eigenvalue weighted by molar-refractivity contribution is -0.189. The summed E-state index contributed by atoms with van der Waals surface area (Å²) < 4.78 is 45.3. The molecule has 12 heteroatoms. The maximum Gasteiger partial charge on any atom is 0.425 e. The van der Waals surface area contributed by atoms with Gasteiger partial charge in [-0.2, -0.15) is 13.2 Å². The van der Waals surface area contributed by atoms with Gasteiger partial charge in [0.15, 0.2) is 6.10 Å². The quantitative estimate of drug-likeness (QED) is 0.258. The Hall–Kier alpha value is -3.57. The number of aliphatic hydroxyl groups excluding tert-OH is 1. The molecule has 0 bridgehead atoms. The molecule has 0 aliphatic rings. The van der Waals surface area contributed by atoms with Crippen LogP contribution in [0.3, 0.4) is 0 Å². The topological polar surface area (TPSA) is 105 Å². The fourth-order valence-electron chi connectivity index (χ4n) is 4.28. The zero-order valence-corrected chi connectivity index (χ0v) is 24.0. The third-order valence-electron chi connectivity index (χ3n) is 6.46. The Bertz CT molecular complexity index is 1340. The second kappa shape index (κ2) is 13.9. The summed E-state index contributed by atoms with van der Waals surface area (Å²) >= 11 is 6.08. The summed E-state index contributed by atoms with van der Waals surface area (Å²) in [5.41, 5.74) is 2.71. The first-order valence-corrected chi connectivity index (χ1v) is 13.6. The number of carbonyl (C=O) groups excluding carboxylic acids is 2. The monoisotopic (exact) mass is 594 g/mol. The van der Waals surface area contributed by atoms with E-state index in [-0.39, 0.29) is 41.3 Å².